The number of aliphatic hydroxyl groups is 1. The van der Waals surface area contributed by atoms with Crippen molar-refractivity contribution < 1.29 is 37.9 Å². The Morgan fingerprint density at radius 1 is 1.24 bits per heavy atom. The van der Waals surface area contributed by atoms with Crippen molar-refractivity contribution in [3.63, 3.8) is 0 Å². The molecule has 3 rings (SSSR count). The highest BCUT2D eigenvalue weighted by atomic mass is 32.2. The number of fused-ring (bicyclic) bond motifs is 1. The van der Waals surface area contributed by atoms with Gasteiger partial charge in [0.1, 0.15) is 22.1 Å². The van der Waals surface area contributed by atoms with Crippen molar-refractivity contribution in [1.29, 1.82) is 0 Å². The Labute approximate surface area is 197 Å². The summed E-state index contributed by atoms with van der Waals surface area (Å²) in [5.74, 6) is -1.28. The molecule has 34 heavy (non-hydrogen) atoms. The first-order valence-corrected chi connectivity index (χ1v) is 11.5. The molecule has 188 valence electrons. The second-order valence-corrected chi connectivity index (χ2v) is 8.34. The number of phenols is 2. The van der Waals surface area contributed by atoms with E-state index in [-0.39, 0.29) is 17.2 Å². The van der Waals surface area contributed by atoms with Gasteiger partial charge in [-0.2, -0.15) is 13.5 Å². The molecule has 2 aliphatic rings. The fourth-order valence-electron chi connectivity index (χ4n) is 2.79. The zero-order valence-electron chi connectivity index (χ0n) is 18.9. The third kappa shape index (κ3) is 8.47. The fourth-order valence-corrected chi connectivity index (χ4v) is 3.39. The number of hydrazone groups is 1. The maximum absolute atomic E-state index is 11.6. The van der Waals surface area contributed by atoms with Crippen molar-refractivity contribution in [2.24, 2.45) is 10.8 Å². The van der Waals surface area contributed by atoms with E-state index >= 15 is 0 Å². The van der Waals surface area contributed by atoms with Crippen molar-refractivity contribution in [3.8, 4) is 11.5 Å². The van der Waals surface area contributed by atoms with E-state index in [9.17, 15) is 23.1 Å². The van der Waals surface area contributed by atoms with Gasteiger partial charge < -0.3 is 31.3 Å². The fraction of sp³-hybridized carbons (Fsp3) is 0.350. The summed E-state index contributed by atoms with van der Waals surface area (Å²) in [4.78, 5) is 23.2. The molecule has 1 aliphatic heterocycles. The standard InChI is InChI=1S/C10H12N4O3.C6H6O5S.C4H11N/c1-14-4-9(16)5-2-6(12-13-10(11)17)8(15)3-7(5)14;7-4-1-2-5(8)6(3-4)12(9,10)11;1-3-5-4-2/h2-3,9,16H,4H2,1H3,(H3,11,13,17);1-3,7-8H,(H,9,10,11);5H,3-4H2,1-2H3/b12-6-;;. The van der Waals surface area contributed by atoms with Crippen LogP contribution in [0.4, 0.5) is 4.79 Å². The number of nitrogens with zero attached hydrogens (tertiary/aromatic N) is 2. The smallest absolute Gasteiger partial charge is 0.332 e. The van der Waals surface area contributed by atoms with Crippen LogP contribution < -0.4 is 16.5 Å². The number of β-amino-alcohol motifs (C(OH)–C–C–N with tert-alkyl or cyclic N) is 1. The minimum Gasteiger partial charge on any atom is -0.508 e. The van der Waals surface area contributed by atoms with Crippen molar-refractivity contribution in [2.45, 2.75) is 24.8 Å². The molecule has 1 fully saturated rings. The van der Waals surface area contributed by atoms with Gasteiger partial charge in [0.2, 0.25) is 5.78 Å². The number of allylic oxidation sites excluding steroid dienone is 2. The zero-order chi connectivity index (χ0) is 26.1. The number of urea groups is 1. The lowest BCUT2D eigenvalue weighted by Crippen LogP contribution is -2.28. The number of carbonyl (C=O) groups excluding carboxylic acids is 2. The van der Waals surface area contributed by atoms with Crippen LogP contribution in [0.3, 0.4) is 0 Å². The van der Waals surface area contributed by atoms with Gasteiger partial charge >= 0.3 is 6.03 Å². The van der Waals surface area contributed by atoms with Gasteiger partial charge in [-0.25, -0.2) is 10.2 Å². The number of hydrogen-bond acceptors (Lipinski definition) is 10. The molecule has 0 bridgehead atoms. The van der Waals surface area contributed by atoms with Crippen LogP contribution in [0.5, 0.6) is 11.5 Å². The molecule has 0 saturated carbocycles. The number of hydrogen-bond donors (Lipinski definition) is 7. The molecule has 1 aliphatic carbocycles. The number of likely N-dealkylation sites (tertiary alicyclic amines) is 1. The Morgan fingerprint density at radius 2 is 1.85 bits per heavy atom. The first kappa shape index (κ1) is 28.6. The van der Waals surface area contributed by atoms with Gasteiger partial charge in [-0.1, -0.05) is 13.8 Å². The molecular formula is C20H29N5O8S. The summed E-state index contributed by atoms with van der Waals surface area (Å²) < 4.78 is 29.5. The van der Waals surface area contributed by atoms with Crippen LogP contribution in [-0.4, -0.2) is 83.5 Å². The van der Waals surface area contributed by atoms with Crippen LogP contribution in [-0.2, 0) is 14.9 Å². The number of amides is 2. The normalized spacial score (nSPS) is 18.0. The zero-order valence-corrected chi connectivity index (χ0v) is 19.7. The summed E-state index contributed by atoms with van der Waals surface area (Å²) in [6.45, 7) is 6.82. The van der Waals surface area contributed by atoms with Crippen LogP contribution in [0.2, 0.25) is 0 Å². The van der Waals surface area contributed by atoms with Crippen molar-refractivity contribution in [3.05, 3.63) is 41.6 Å². The summed E-state index contributed by atoms with van der Waals surface area (Å²) in [5, 5.41) is 34.2. The van der Waals surface area contributed by atoms with Crippen LogP contribution in [0.25, 0.3) is 0 Å². The monoisotopic (exact) mass is 499 g/mol. The third-order valence-corrected chi connectivity index (χ3v) is 5.22. The highest BCUT2D eigenvalue weighted by Gasteiger charge is 2.32. The molecule has 1 saturated heterocycles. The number of aliphatic hydroxyl groups excluding tert-OH is 1. The van der Waals surface area contributed by atoms with Gasteiger partial charge in [-0.05, 0) is 31.3 Å². The molecule has 0 spiro atoms. The molecule has 8 N–H and O–H groups in total. The molecule has 0 aromatic heterocycles. The predicted molar refractivity (Wildman–Crippen MR) is 124 cm³/mol. The van der Waals surface area contributed by atoms with E-state index in [1.54, 1.807) is 11.9 Å². The van der Waals surface area contributed by atoms with Crippen LogP contribution in [0.1, 0.15) is 13.8 Å². The van der Waals surface area contributed by atoms with Gasteiger partial charge in [-0.3, -0.25) is 9.35 Å². The van der Waals surface area contributed by atoms with E-state index in [0.29, 0.717) is 17.8 Å². The minimum absolute atomic E-state index is 0.0527. The van der Waals surface area contributed by atoms with Gasteiger partial charge in [0.05, 0.1) is 6.10 Å². The number of nitrogens with two attached hydrogens (primary N) is 1. The highest BCUT2D eigenvalue weighted by Crippen LogP contribution is 2.29. The third-order valence-electron chi connectivity index (χ3n) is 4.33. The molecule has 0 radical (unpaired) electrons. The number of aromatic hydroxyl groups is 2. The Hall–Kier alpha value is -3.46. The quantitative estimate of drug-likeness (QED) is 0.124. The molecule has 13 nitrogen and oxygen atoms in total. The van der Waals surface area contributed by atoms with E-state index in [0.717, 1.165) is 31.3 Å². The Balaban J connectivity index is 0.000000296. The first-order valence-electron chi connectivity index (χ1n) is 10.0. The lowest BCUT2D eigenvalue weighted by atomic mass is 10.00. The lowest BCUT2D eigenvalue weighted by Gasteiger charge is -2.15. The number of ketones is 1. The SMILES string of the molecule is CCNCC.CN1CC(O)C2=C/C(=N/NC(N)=O)C(=O)C=C21.O=S(=O)(O)c1cc(O)ccc1O. The van der Waals surface area contributed by atoms with Gasteiger partial charge in [0, 0.05) is 37.0 Å². The summed E-state index contributed by atoms with van der Waals surface area (Å²) in [5.41, 5.74) is 8.19. The number of rotatable bonds is 4. The molecule has 1 aromatic rings. The highest BCUT2D eigenvalue weighted by molar-refractivity contribution is 7.86. The molecular weight excluding hydrogens is 470 g/mol. The summed E-state index contributed by atoms with van der Waals surface area (Å²) in [6.07, 6.45) is 2.19. The second-order valence-electron chi connectivity index (χ2n) is 6.95. The van der Waals surface area contributed by atoms with E-state index in [4.69, 9.17) is 20.5 Å². The Kier molecular flexibility index (Phi) is 10.7. The second kappa shape index (κ2) is 12.7. The molecule has 1 unspecified atom stereocenters. The topological polar surface area (TPSA) is 215 Å². The number of likely N-dealkylation sites (N-methyl/N-ethyl adjacent to an activating group) is 1. The number of phenolic OH excluding ortho intramolecular Hbond substituents is 2. The van der Waals surface area contributed by atoms with Crippen LogP contribution in [0.15, 0.2) is 51.6 Å². The summed E-state index contributed by atoms with van der Waals surface area (Å²) >= 11 is 0. The molecule has 1 heterocycles. The number of carbonyl (C=O) groups is 2. The van der Waals surface area contributed by atoms with Gasteiger partial charge in [0.25, 0.3) is 10.1 Å². The maximum atomic E-state index is 11.6. The van der Waals surface area contributed by atoms with E-state index in [1.165, 1.54) is 12.2 Å². The lowest BCUT2D eigenvalue weighted by molar-refractivity contribution is -0.109. The molecule has 14 heteroatoms. The Bertz CT molecular complexity index is 1100. The molecule has 1 aromatic carbocycles. The number of nitrogens with one attached hydrogen (secondary N) is 2. The Morgan fingerprint density at radius 3 is 2.32 bits per heavy atom. The average Bonchev–Trinajstić information content (AvgIpc) is 3.01. The van der Waals surface area contributed by atoms with Crippen molar-refractivity contribution in [1.82, 2.24) is 15.6 Å². The van der Waals surface area contributed by atoms with E-state index in [1.807, 2.05) is 5.43 Å². The molecule has 1 atom stereocenters. The van der Waals surface area contributed by atoms with E-state index < -0.39 is 32.9 Å². The van der Waals surface area contributed by atoms with Crippen molar-refractivity contribution >= 4 is 27.6 Å². The largest absolute Gasteiger partial charge is 0.508 e. The predicted octanol–water partition coefficient (Wildman–Crippen LogP) is -0.330. The first-order chi connectivity index (χ1) is 15.8. The van der Waals surface area contributed by atoms with Crippen LogP contribution >= 0.6 is 0 Å². The maximum Gasteiger partial charge on any atom is 0.332 e. The molecule has 2 amide bonds. The number of primary amides is 1. The van der Waals surface area contributed by atoms with Crippen LogP contribution in [0, 0.1) is 0 Å². The average molecular weight is 500 g/mol. The summed E-state index contributed by atoms with van der Waals surface area (Å²) in [6, 6.07) is 1.98. The van der Waals surface area contributed by atoms with Gasteiger partial charge in [0.15, 0.2) is 0 Å². The number of benzene rings is 1. The summed E-state index contributed by atoms with van der Waals surface area (Å²) in [7, 11) is -2.68. The van der Waals surface area contributed by atoms with Gasteiger partial charge in [-0.15, -0.1) is 0 Å². The van der Waals surface area contributed by atoms with Crippen molar-refractivity contribution in [2.75, 3.05) is 26.7 Å². The van der Waals surface area contributed by atoms with E-state index in [2.05, 4.69) is 24.3 Å². The minimum atomic E-state index is -4.47.